The maximum absolute atomic E-state index is 13.1. The topological polar surface area (TPSA) is 63.4 Å². The second-order valence-electron chi connectivity index (χ2n) is 3.47. The molecule has 0 saturated carbocycles. The SMILES string of the molecule is O=[N+]([O-])c1ccc(Sc2ccc(O)c(F)c2)cc1. The maximum Gasteiger partial charge on any atom is 0.269 e. The monoisotopic (exact) mass is 265 g/mol. The molecule has 6 heteroatoms. The standard InChI is InChI=1S/C12H8FNO3S/c13-11-7-10(5-6-12(11)15)18-9-3-1-8(2-4-9)14(16)17/h1-7,15H. The lowest BCUT2D eigenvalue weighted by Crippen LogP contribution is -1.86. The van der Waals surface area contributed by atoms with Crippen LogP contribution in [0.3, 0.4) is 0 Å². The molecule has 0 atom stereocenters. The first-order chi connectivity index (χ1) is 8.56. The van der Waals surface area contributed by atoms with Gasteiger partial charge in [0.05, 0.1) is 4.92 Å². The molecule has 0 amide bonds. The van der Waals surface area contributed by atoms with E-state index in [0.717, 1.165) is 4.90 Å². The van der Waals surface area contributed by atoms with Gasteiger partial charge in [0.2, 0.25) is 0 Å². The molecule has 0 aliphatic rings. The van der Waals surface area contributed by atoms with Crippen LogP contribution in [-0.4, -0.2) is 10.0 Å². The lowest BCUT2D eigenvalue weighted by Gasteiger charge is -2.02. The zero-order valence-corrected chi connectivity index (χ0v) is 9.86. The number of phenolic OH excluding ortho intramolecular Hbond substituents is 1. The number of non-ortho nitro benzene ring substituents is 1. The van der Waals surface area contributed by atoms with Crippen molar-refractivity contribution in [1.29, 1.82) is 0 Å². The molecular weight excluding hydrogens is 257 g/mol. The van der Waals surface area contributed by atoms with Crippen molar-refractivity contribution in [2.45, 2.75) is 9.79 Å². The van der Waals surface area contributed by atoms with Crippen molar-refractivity contribution >= 4 is 17.4 Å². The van der Waals surface area contributed by atoms with Crippen molar-refractivity contribution < 1.29 is 14.4 Å². The normalized spacial score (nSPS) is 10.3. The van der Waals surface area contributed by atoms with E-state index < -0.39 is 16.5 Å². The molecule has 2 rings (SSSR count). The first-order valence-electron chi connectivity index (χ1n) is 4.97. The zero-order chi connectivity index (χ0) is 13.1. The van der Waals surface area contributed by atoms with Crippen molar-refractivity contribution in [2.75, 3.05) is 0 Å². The number of benzene rings is 2. The number of rotatable bonds is 3. The Balaban J connectivity index is 2.18. The van der Waals surface area contributed by atoms with Gasteiger partial charge in [-0.15, -0.1) is 0 Å². The summed E-state index contributed by atoms with van der Waals surface area (Å²) in [5.41, 5.74) is 0.0104. The van der Waals surface area contributed by atoms with Crippen LogP contribution in [0.5, 0.6) is 5.75 Å². The third-order valence-electron chi connectivity index (χ3n) is 2.20. The van der Waals surface area contributed by atoms with Gasteiger partial charge in [0.1, 0.15) is 0 Å². The molecule has 0 spiro atoms. The summed E-state index contributed by atoms with van der Waals surface area (Å²) in [6.45, 7) is 0. The van der Waals surface area contributed by atoms with Gasteiger partial charge in [0.15, 0.2) is 11.6 Å². The van der Waals surface area contributed by atoms with Crippen LogP contribution in [0.25, 0.3) is 0 Å². The van der Waals surface area contributed by atoms with E-state index in [1.807, 2.05) is 0 Å². The predicted octanol–water partition coefficient (Wildman–Crippen LogP) is 3.59. The van der Waals surface area contributed by atoms with Gasteiger partial charge in [-0.25, -0.2) is 4.39 Å². The van der Waals surface area contributed by atoms with Gasteiger partial charge in [-0.05, 0) is 30.3 Å². The van der Waals surface area contributed by atoms with E-state index in [2.05, 4.69) is 0 Å². The van der Waals surface area contributed by atoms with Crippen molar-refractivity contribution in [3.63, 3.8) is 0 Å². The summed E-state index contributed by atoms with van der Waals surface area (Å²) >= 11 is 1.26. The van der Waals surface area contributed by atoms with Crippen molar-refractivity contribution in [1.82, 2.24) is 0 Å². The van der Waals surface area contributed by atoms with Crippen molar-refractivity contribution in [3.05, 3.63) is 58.4 Å². The van der Waals surface area contributed by atoms with Gasteiger partial charge in [-0.3, -0.25) is 10.1 Å². The molecule has 0 radical (unpaired) electrons. The Morgan fingerprint density at radius 1 is 1.11 bits per heavy atom. The number of nitro groups is 1. The van der Waals surface area contributed by atoms with E-state index in [4.69, 9.17) is 5.11 Å². The Bertz CT molecular complexity index is 586. The largest absolute Gasteiger partial charge is 0.505 e. The highest BCUT2D eigenvalue weighted by Crippen LogP contribution is 2.31. The molecule has 4 nitrogen and oxygen atoms in total. The third kappa shape index (κ3) is 2.78. The van der Waals surface area contributed by atoms with Crippen molar-refractivity contribution in [3.8, 4) is 5.75 Å². The number of phenols is 1. The molecular formula is C12H8FNO3S. The first kappa shape index (κ1) is 12.4. The minimum atomic E-state index is -0.693. The molecule has 0 aliphatic heterocycles. The van der Waals surface area contributed by atoms with Crippen LogP contribution >= 0.6 is 11.8 Å². The number of nitro benzene ring substituents is 1. The molecule has 0 aliphatic carbocycles. The summed E-state index contributed by atoms with van der Waals surface area (Å²) in [6, 6.07) is 10.0. The van der Waals surface area contributed by atoms with Crippen molar-refractivity contribution in [2.24, 2.45) is 0 Å². The molecule has 0 aromatic heterocycles. The molecule has 1 N–H and O–H groups in total. The van der Waals surface area contributed by atoms with Gasteiger partial charge in [-0.2, -0.15) is 0 Å². The van der Waals surface area contributed by atoms with Crippen LogP contribution in [0.15, 0.2) is 52.3 Å². The summed E-state index contributed by atoms with van der Waals surface area (Å²) < 4.78 is 13.1. The number of hydrogen-bond donors (Lipinski definition) is 1. The summed E-state index contributed by atoms with van der Waals surface area (Å²) in [5, 5.41) is 19.5. The van der Waals surface area contributed by atoms with Gasteiger partial charge in [0.25, 0.3) is 5.69 Å². The van der Waals surface area contributed by atoms with Crippen LogP contribution in [0.2, 0.25) is 0 Å². The second-order valence-corrected chi connectivity index (χ2v) is 4.61. The van der Waals surface area contributed by atoms with Gasteiger partial charge < -0.3 is 5.11 Å². The molecule has 2 aromatic rings. The molecule has 2 aromatic carbocycles. The molecule has 0 heterocycles. The van der Waals surface area contributed by atoms with Crippen LogP contribution < -0.4 is 0 Å². The highest BCUT2D eigenvalue weighted by molar-refractivity contribution is 7.99. The number of hydrogen-bond acceptors (Lipinski definition) is 4. The summed E-state index contributed by atoms with van der Waals surface area (Å²) in [7, 11) is 0. The third-order valence-corrected chi connectivity index (χ3v) is 3.20. The highest BCUT2D eigenvalue weighted by Gasteiger charge is 2.06. The summed E-state index contributed by atoms with van der Waals surface area (Å²) in [5.74, 6) is -1.09. The predicted molar refractivity (Wildman–Crippen MR) is 65.3 cm³/mol. The van der Waals surface area contributed by atoms with E-state index in [-0.39, 0.29) is 5.69 Å². The second kappa shape index (κ2) is 5.05. The number of aromatic hydroxyl groups is 1. The molecule has 0 fully saturated rings. The molecule has 0 bridgehead atoms. The molecule has 0 unspecified atom stereocenters. The van der Waals surface area contributed by atoms with Crippen LogP contribution in [0, 0.1) is 15.9 Å². The molecule has 0 saturated heterocycles. The Morgan fingerprint density at radius 2 is 1.72 bits per heavy atom. The quantitative estimate of drug-likeness (QED) is 0.680. The lowest BCUT2D eigenvalue weighted by molar-refractivity contribution is -0.384. The zero-order valence-electron chi connectivity index (χ0n) is 9.04. The Morgan fingerprint density at radius 3 is 2.28 bits per heavy atom. The van der Waals surface area contributed by atoms with Crippen LogP contribution in [0.1, 0.15) is 0 Å². The maximum atomic E-state index is 13.1. The summed E-state index contributed by atoms with van der Waals surface area (Å²) in [4.78, 5) is 11.4. The fourth-order valence-corrected chi connectivity index (χ4v) is 2.17. The van der Waals surface area contributed by atoms with E-state index in [0.29, 0.717) is 4.90 Å². The minimum Gasteiger partial charge on any atom is -0.505 e. The minimum absolute atomic E-state index is 0.0104. The van der Waals surface area contributed by atoms with Gasteiger partial charge >= 0.3 is 0 Å². The Hall–Kier alpha value is -2.08. The van der Waals surface area contributed by atoms with E-state index >= 15 is 0 Å². The van der Waals surface area contributed by atoms with Gasteiger partial charge in [-0.1, -0.05) is 11.8 Å². The lowest BCUT2D eigenvalue weighted by atomic mass is 10.3. The smallest absolute Gasteiger partial charge is 0.269 e. The highest BCUT2D eigenvalue weighted by atomic mass is 32.2. The average Bonchev–Trinajstić information content (AvgIpc) is 2.34. The van der Waals surface area contributed by atoms with E-state index in [1.165, 1.54) is 36.0 Å². The number of nitrogens with zero attached hydrogens (tertiary/aromatic N) is 1. The fraction of sp³-hybridized carbons (Fsp3) is 0. The van der Waals surface area contributed by atoms with E-state index in [1.54, 1.807) is 18.2 Å². The van der Waals surface area contributed by atoms with E-state index in [9.17, 15) is 14.5 Å². The fourth-order valence-electron chi connectivity index (χ4n) is 1.32. The van der Waals surface area contributed by atoms with Crippen LogP contribution in [0.4, 0.5) is 10.1 Å². The molecule has 18 heavy (non-hydrogen) atoms. The Labute approximate surface area is 106 Å². The Kier molecular flexibility index (Phi) is 3.47. The first-order valence-corrected chi connectivity index (χ1v) is 5.79. The average molecular weight is 265 g/mol. The molecule has 92 valence electrons. The van der Waals surface area contributed by atoms with Crippen LogP contribution in [-0.2, 0) is 0 Å². The number of halogens is 1. The van der Waals surface area contributed by atoms with Gasteiger partial charge in [0, 0.05) is 21.9 Å². The summed E-state index contributed by atoms with van der Waals surface area (Å²) in [6.07, 6.45) is 0.